The van der Waals surface area contributed by atoms with Gasteiger partial charge in [-0.3, -0.25) is 4.68 Å². The van der Waals surface area contributed by atoms with Gasteiger partial charge in [-0.25, -0.2) is 0 Å². The van der Waals surface area contributed by atoms with Crippen molar-refractivity contribution < 1.29 is 5.11 Å². The van der Waals surface area contributed by atoms with E-state index in [1.165, 1.54) is 5.69 Å². The number of aliphatic hydroxyl groups excluding tert-OH is 1. The highest BCUT2D eigenvalue weighted by Gasteiger charge is 2.30. The van der Waals surface area contributed by atoms with Crippen molar-refractivity contribution in [3.63, 3.8) is 0 Å². The van der Waals surface area contributed by atoms with Gasteiger partial charge < -0.3 is 10.0 Å². The first-order valence-corrected chi connectivity index (χ1v) is 5.98. The normalized spacial score (nSPS) is 23.7. The third-order valence-corrected chi connectivity index (χ3v) is 3.53. The Morgan fingerprint density at radius 2 is 2.12 bits per heavy atom. The van der Waals surface area contributed by atoms with Gasteiger partial charge in [0.25, 0.3) is 0 Å². The molecule has 1 heterocycles. The molecule has 90 valence electrons. The van der Waals surface area contributed by atoms with Crippen molar-refractivity contribution >= 4 is 16.6 Å². The Morgan fingerprint density at radius 1 is 1.35 bits per heavy atom. The van der Waals surface area contributed by atoms with Gasteiger partial charge in [0.15, 0.2) is 0 Å². The minimum atomic E-state index is -0.142. The van der Waals surface area contributed by atoms with E-state index in [1.54, 1.807) is 0 Å². The van der Waals surface area contributed by atoms with Crippen molar-refractivity contribution in [3.8, 4) is 0 Å². The Hall–Kier alpha value is -1.55. The van der Waals surface area contributed by atoms with E-state index in [0.29, 0.717) is 6.04 Å². The van der Waals surface area contributed by atoms with Crippen LogP contribution in [0.4, 0.5) is 5.69 Å². The van der Waals surface area contributed by atoms with Gasteiger partial charge in [0.05, 0.1) is 23.9 Å². The topological polar surface area (TPSA) is 41.3 Å². The van der Waals surface area contributed by atoms with Gasteiger partial charge in [-0.1, -0.05) is 0 Å². The van der Waals surface area contributed by atoms with E-state index in [0.717, 1.165) is 23.7 Å². The molecule has 1 fully saturated rings. The number of rotatable bonds is 2. The summed E-state index contributed by atoms with van der Waals surface area (Å²) in [5.41, 5.74) is 2.34. The Kier molecular flexibility index (Phi) is 2.33. The van der Waals surface area contributed by atoms with Crippen molar-refractivity contribution in [2.24, 2.45) is 0 Å². The highest BCUT2D eigenvalue weighted by atomic mass is 16.3. The molecule has 1 saturated carbocycles. The summed E-state index contributed by atoms with van der Waals surface area (Å²) in [7, 11) is 4.07. The van der Waals surface area contributed by atoms with Gasteiger partial charge in [0.1, 0.15) is 0 Å². The lowest BCUT2D eigenvalue weighted by Crippen LogP contribution is -2.31. The quantitative estimate of drug-likeness (QED) is 0.856. The fourth-order valence-corrected chi connectivity index (χ4v) is 2.35. The summed E-state index contributed by atoms with van der Waals surface area (Å²) in [5, 5.41) is 15.0. The molecule has 4 heteroatoms. The molecule has 17 heavy (non-hydrogen) atoms. The van der Waals surface area contributed by atoms with Gasteiger partial charge in [0, 0.05) is 25.2 Å². The number of benzene rings is 1. The van der Waals surface area contributed by atoms with E-state index >= 15 is 0 Å². The van der Waals surface area contributed by atoms with Crippen molar-refractivity contribution in [1.82, 2.24) is 9.78 Å². The lowest BCUT2D eigenvalue weighted by molar-refractivity contribution is 0.0453. The number of fused-ring (bicyclic) bond motifs is 1. The first-order valence-electron chi connectivity index (χ1n) is 5.98. The lowest BCUT2D eigenvalue weighted by atomic mass is 9.89. The summed E-state index contributed by atoms with van der Waals surface area (Å²) < 4.78 is 2.05. The van der Waals surface area contributed by atoms with Gasteiger partial charge >= 0.3 is 0 Å². The third kappa shape index (κ3) is 1.69. The third-order valence-electron chi connectivity index (χ3n) is 3.53. The van der Waals surface area contributed by atoms with Crippen LogP contribution in [0.1, 0.15) is 18.9 Å². The maximum Gasteiger partial charge on any atom is 0.0706 e. The number of hydrogen-bond donors (Lipinski definition) is 1. The van der Waals surface area contributed by atoms with E-state index in [4.69, 9.17) is 0 Å². The largest absolute Gasteiger partial charge is 0.393 e. The molecular weight excluding hydrogens is 214 g/mol. The monoisotopic (exact) mass is 231 g/mol. The molecule has 0 bridgehead atoms. The van der Waals surface area contributed by atoms with Crippen LogP contribution in [-0.4, -0.2) is 35.1 Å². The summed E-state index contributed by atoms with van der Waals surface area (Å²) in [6.07, 6.45) is 3.40. The second kappa shape index (κ2) is 3.74. The molecule has 1 aliphatic rings. The van der Waals surface area contributed by atoms with Crippen LogP contribution in [0.25, 0.3) is 10.9 Å². The number of anilines is 1. The molecule has 0 unspecified atom stereocenters. The van der Waals surface area contributed by atoms with Crippen LogP contribution in [0.3, 0.4) is 0 Å². The fraction of sp³-hybridized carbons (Fsp3) is 0.462. The van der Waals surface area contributed by atoms with E-state index in [2.05, 4.69) is 32.9 Å². The number of hydrogen-bond acceptors (Lipinski definition) is 3. The van der Waals surface area contributed by atoms with E-state index in [-0.39, 0.29) is 6.10 Å². The summed E-state index contributed by atoms with van der Waals surface area (Å²) in [6, 6.07) is 6.72. The van der Waals surface area contributed by atoms with Crippen molar-refractivity contribution in [3.05, 3.63) is 24.4 Å². The fourth-order valence-electron chi connectivity index (χ4n) is 2.35. The second-order valence-corrected chi connectivity index (χ2v) is 5.01. The van der Waals surface area contributed by atoms with Crippen LogP contribution in [0.2, 0.25) is 0 Å². The Bertz CT molecular complexity index is 541. The van der Waals surface area contributed by atoms with E-state index < -0.39 is 0 Å². The van der Waals surface area contributed by atoms with Crippen LogP contribution >= 0.6 is 0 Å². The molecule has 1 aliphatic carbocycles. The van der Waals surface area contributed by atoms with Crippen LogP contribution in [0, 0.1) is 0 Å². The molecule has 0 saturated heterocycles. The zero-order chi connectivity index (χ0) is 12.0. The molecule has 0 spiro atoms. The van der Waals surface area contributed by atoms with Crippen molar-refractivity contribution in [2.75, 3.05) is 19.0 Å². The summed E-state index contributed by atoms with van der Waals surface area (Å²) in [4.78, 5) is 2.09. The summed E-state index contributed by atoms with van der Waals surface area (Å²) in [6.45, 7) is 0. The smallest absolute Gasteiger partial charge is 0.0706 e. The van der Waals surface area contributed by atoms with E-state index in [1.807, 2.05) is 20.3 Å². The molecule has 0 radical (unpaired) electrons. The highest BCUT2D eigenvalue weighted by molar-refractivity contribution is 5.82. The SMILES string of the molecule is CN(C)c1ccc2cnn(C3CC(O)C3)c2c1. The van der Waals surface area contributed by atoms with Crippen LogP contribution in [-0.2, 0) is 0 Å². The van der Waals surface area contributed by atoms with Gasteiger partial charge in [-0.05, 0) is 31.0 Å². The maximum absolute atomic E-state index is 9.38. The zero-order valence-corrected chi connectivity index (χ0v) is 10.2. The molecule has 2 aromatic rings. The molecule has 1 N–H and O–H groups in total. The molecule has 1 aromatic carbocycles. The predicted molar refractivity (Wildman–Crippen MR) is 68.3 cm³/mol. The van der Waals surface area contributed by atoms with Crippen LogP contribution < -0.4 is 4.90 Å². The first-order chi connectivity index (χ1) is 8.15. The van der Waals surface area contributed by atoms with Gasteiger partial charge in [-0.2, -0.15) is 5.10 Å². The molecule has 4 nitrogen and oxygen atoms in total. The van der Waals surface area contributed by atoms with Crippen molar-refractivity contribution in [1.29, 1.82) is 0 Å². The molecular formula is C13H17N3O. The standard InChI is InChI=1S/C13H17N3O/c1-15(2)10-4-3-9-8-14-16(13(9)7-10)11-5-12(17)6-11/h3-4,7-8,11-12,17H,5-6H2,1-2H3. The number of aromatic nitrogens is 2. The minimum absolute atomic E-state index is 0.142. The Morgan fingerprint density at radius 3 is 2.76 bits per heavy atom. The molecule has 3 rings (SSSR count). The van der Waals surface area contributed by atoms with Gasteiger partial charge in [0.2, 0.25) is 0 Å². The zero-order valence-electron chi connectivity index (χ0n) is 10.2. The van der Waals surface area contributed by atoms with Crippen LogP contribution in [0.5, 0.6) is 0 Å². The number of nitrogens with zero attached hydrogens (tertiary/aromatic N) is 3. The van der Waals surface area contributed by atoms with Crippen LogP contribution in [0.15, 0.2) is 24.4 Å². The summed E-state index contributed by atoms with van der Waals surface area (Å²) >= 11 is 0. The minimum Gasteiger partial charge on any atom is -0.393 e. The first kappa shape index (κ1) is 10.6. The lowest BCUT2D eigenvalue weighted by Gasteiger charge is -2.32. The predicted octanol–water partition coefficient (Wildman–Crippen LogP) is 1.80. The average molecular weight is 231 g/mol. The van der Waals surface area contributed by atoms with E-state index in [9.17, 15) is 5.11 Å². The summed E-state index contributed by atoms with van der Waals surface area (Å²) in [5.74, 6) is 0. The Balaban J connectivity index is 2.04. The Labute approximate surface area is 100 Å². The molecule has 0 aliphatic heterocycles. The molecule has 0 atom stereocenters. The van der Waals surface area contributed by atoms with Gasteiger partial charge in [-0.15, -0.1) is 0 Å². The number of aliphatic hydroxyl groups is 1. The molecule has 1 aromatic heterocycles. The van der Waals surface area contributed by atoms with Crippen molar-refractivity contribution in [2.45, 2.75) is 25.0 Å². The molecule has 0 amide bonds. The maximum atomic E-state index is 9.38. The second-order valence-electron chi connectivity index (χ2n) is 5.01. The average Bonchev–Trinajstić information content (AvgIpc) is 2.67. The highest BCUT2D eigenvalue weighted by Crippen LogP contribution is 2.34.